The van der Waals surface area contributed by atoms with Gasteiger partial charge in [0.25, 0.3) is 0 Å². The molecule has 1 rings (SSSR count). The third-order valence-corrected chi connectivity index (χ3v) is 2.65. The average molecular weight is 250 g/mol. The summed E-state index contributed by atoms with van der Waals surface area (Å²) in [5.74, 6) is 0.704. The van der Waals surface area contributed by atoms with Gasteiger partial charge in [-0.05, 0) is 45.7 Å². The lowest BCUT2D eigenvalue weighted by Crippen LogP contribution is -2.26. The largest absolute Gasteiger partial charge is 0.496 e. The van der Waals surface area contributed by atoms with E-state index < -0.39 is 0 Å². The first-order valence-electron chi connectivity index (χ1n) is 6.17. The molecule has 0 aliphatic carbocycles. The van der Waals surface area contributed by atoms with Crippen molar-refractivity contribution in [2.24, 2.45) is 0 Å². The predicted molar refractivity (Wildman–Crippen MR) is 73.4 cm³/mol. The molecular weight excluding hydrogens is 228 g/mol. The summed E-state index contributed by atoms with van der Waals surface area (Å²) < 4.78 is 5.17. The van der Waals surface area contributed by atoms with Gasteiger partial charge in [0.15, 0.2) is 5.78 Å². The molecule has 0 bridgehead atoms. The minimum absolute atomic E-state index is 0.0669. The molecule has 0 fully saturated rings. The highest BCUT2D eigenvalue weighted by Crippen LogP contribution is 2.17. The number of rotatable bonds is 8. The average Bonchev–Trinajstić information content (AvgIpc) is 2.37. The van der Waals surface area contributed by atoms with Crippen LogP contribution in [0.4, 0.5) is 0 Å². The molecule has 0 aromatic heterocycles. The Morgan fingerprint density at radius 2 is 2.06 bits per heavy atom. The number of carbonyl (C=O) groups is 1. The molecule has 0 atom stereocenters. The Kier molecular flexibility index (Phi) is 6.39. The van der Waals surface area contributed by atoms with Crippen LogP contribution in [-0.4, -0.2) is 51.5 Å². The van der Waals surface area contributed by atoms with Crippen molar-refractivity contribution < 1.29 is 9.53 Å². The molecule has 18 heavy (non-hydrogen) atoms. The van der Waals surface area contributed by atoms with Crippen molar-refractivity contribution in [3.63, 3.8) is 0 Å². The fraction of sp³-hybridized carbons (Fsp3) is 0.500. The summed E-state index contributed by atoms with van der Waals surface area (Å²) in [6, 6.07) is 7.31. The zero-order chi connectivity index (χ0) is 13.4. The second kappa shape index (κ2) is 7.84. The topological polar surface area (TPSA) is 41.6 Å². The summed E-state index contributed by atoms with van der Waals surface area (Å²) in [7, 11) is 5.66. The van der Waals surface area contributed by atoms with Crippen LogP contribution in [0, 0.1) is 0 Å². The Morgan fingerprint density at radius 3 is 2.72 bits per heavy atom. The number of benzene rings is 1. The van der Waals surface area contributed by atoms with E-state index in [1.807, 2.05) is 26.2 Å². The molecular formula is C14H22N2O2. The van der Waals surface area contributed by atoms with Crippen LogP contribution in [0.15, 0.2) is 24.3 Å². The lowest BCUT2D eigenvalue weighted by Gasteiger charge is -2.10. The van der Waals surface area contributed by atoms with Gasteiger partial charge in [-0.2, -0.15) is 0 Å². The van der Waals surface area contributed by atoms with Crippen LogP contribution in [-0.2, 0) is 0 Å². The maximum Gasteiger partial charge on any atom is 0.180 e. The number of hydrogen-bond acceptors (Lipinski definition) is 4. The number of methoxy groups -OCH3 is 1. The van der Waals surface area contributed by atoms with Crippen LogP contribution >= 0.6 is 0 Å². The molecule has 1 N–H and O–H groups in total. The fourth-order valence-electron chi connectivity index (χ4n) is 1.69. The van der Waals surface area contributed by atoms with E-state index >= 15 is 0 Å². The minimum Gasteiger partial charge on any atom is -0.496 e. The summed E-state index contributed by atoms with van der Waals surface area (Å²) in [4.78, 5) is 14.1. The highest BCUT2D eigenvalue weighted by molar-refractivity contribution is 6.00. The first-order chi connectivity index (χ1) is 8.65. The van der Waals surface area contributed by atoms with Crippen LogP contribution in [0.3, 0.4) is 0 Å². The third-order valence-electron chi connectivity index (χ3n) is 2.65. The molecule has 0 aliphatic heterocycles. The molecule has 4 nitrogen and oxygen atoms in total. The standard InChI is InChI=1S/C14H22N2O2/c1-16(2)10-6-9-15-11-13(17)12-7-4-5-8-14(12)18-3/h4-5,7-8,15H,6,9-11H2,1-3H3. The maximum atomic E-state index is 12.0. The molecule has 0 saturated heterocycles. The van der Waals surface area contributed by atoms with Gasteiger partial charge in [0.2, 0.25) is 0 Å². The number of hydrogen-bond donors (Lipinski definition) is 1. The zero-order valence-corrected chi connectivity index (χ0v) is 11.4. The van der Waals surface area contributed by atoms with E-state index in [1.54, 1.807) is 19.2 Å². The molecule has 0 spiro atoms. The van der Waals surface area contributed by atoms with E-state index in [4.69, 9.17) is 4.74 Å². The van der Waals surface area contributed by atoms with Crippen molar-refractivity contribution in [3.05, 3.63) is 29.8 Å². The number of nitrogens with one attached hydrogen (secondary N) is 1. The third kappa shape index (κ3) is 4.85. The van der Waals surface area contributed by atoms with Crippen LogP contribution in [0.1, 0.15) is 16.8 Å². The second-order valence-electron chi connectivity index (χ2n) is 4.46. The quantitative estimate of drug-likeness (QED) is 0.559. The van der Waals surface area contributed by atoms with E-state index in [1.165, 1.54) is 0 Å². The number of ketones is 1. The summed E-state index contributed by atoms with van der Waals surface area (Å²) in [5, 5.41) is 3.16. The van der Waals surface area contributed by atoms with Crippen molar-refractivity contribution in [1.29, 1.82) is 0 Å². The van der Waals surface area contributed by atoms with Gasteiger partial charge in [-0.25, -0.2) is 0 Å². The monoisotopic (exact) mass is 250 g/mol. The van der Waals surface area contributed by atoms with E-state index in [9.17, 15) is 4.79 Å². The minimum atomic E-state index is 0.0669. The van der Waals surface area contributed by atoms with Gasteiger partial charge < -0.3 is 15.0 Å². The molecule has 100 valence electrons. The van der Waals surface area contributed by atoms with Gasteiger partial charge in [-0.3, -0.25) is 4.79 Å². The zero-order valence-electron chi connectivity index (χ0n) is 11.4. The Labute approximate surface area is 109 Å². The Hall–Kier alpha value is -1.39. The summed E-state index contributed by atoms with van der Waals surface area (Å²) in [6.45, 7) is 2.22. The first-order valence-corrected chi connectivity index (χ1v) is 6.17. The van der Waals surface area contributed by atoms with Gasteiger partial charge in [-0.1, -0.05) is 12.1 Å². The van der Waals surface area contributed by atoms with Crippen molar-refractivity contribution in [1.82, 2.24) is 10.2 Å². The Morgan fingerprint density at radius 1 is 1.33 bits per heavy atom. The molecule has 1 aromatic carbocycles. The van der Waals surface area contributed by atoms with Gasteiger partial charge >= 0.3 is 0 Å². The van der Waals surface area contributed by atoms with Gasteiger partial charge in [-0.15, -0.1) is 0 Å². The molecule has 1 aromatic rings. The van der Waals surface area contributed by atoms with Crippen LogP contribution in [0.5, 0.6) is 5.75 Å². The molecule has 0 aliphatic rings. The van der Waals surface area contributed by atoms with Crippen LogP contribution in [0.25, 0.3) is 0 Å². The van der Waals surface area contributed by atoms with Gasteiger partial charge in [0.1, 0.15) is 5.75 Å². The fourth-order valence-corrected chi connectivity index (χ4v) is 1.69. The number of ether oxygens (including phenoxy) is 1. The first kappa shape index (κ1) is 14.7. The highest BCUT2D eigenvalue weighted by atomic mass is 16.5. The van der Waals surface area contributed by atoms with Crippen molar-refractivity contribution in [2.45, 2.75) is 6.42 Å². The number of carbonyl (C=O) groups excluding carboxylic acids is 1. The molecule has 0 unspecified atom stereocenters. The van der Waals surface area contributed by atoms with E-state index in [-0.39, 0.29) is 5.78 Å². The summed E-state index contributed by atoms with van der Waals surface area (Å²) >= 11 is 0. The van der Waals surface area contributed by atoms with Crippen molar-refractivity contribution in [2.75, 3.05) is 40.8 Å². The smallest absolute Gasteiger partial charge is 0.180 e. The molecule has 0 heterocycles. The van der Waals surface area contributed by atoms with Gasteiger partial charge in [0, 0.05) is 0 Å². The SMILES string of the molecule is COc1ccccc1C(=O)CNCCCN(C)C. The number of Topliss-reactive ketones (excluding diaryl/α,β-unsaturated/α-hetero) is 1. The number of para-hydroxylation sites is 1. The van der Waals surface area contributed by atoms with Crippen molar-refractivity contribution >= 4 is 5.78 Å². The predicted octanol–water partition coefficient (Wildman–Crippen LogP) is 1.42. The lowest BCUT2D eigenvalue weighted by atomic mass is 10.1. The summed E-state index contributed by atoms with van der Waals surface area (Å²) in [5.41, 5.74) is 0.639. The van der Waals surface area contributed by atoms with E-state index in [0.717, 1.165) is 19.5 Å². The Bertz CT molecular complexity index is 378. The molecule has 4 heteroatoms. The second-order valence-corrected chi connectivity index (χ2v) is 4.46. The van der Waals surface area contributed by atoms with Crippen LogP contribution in [0.2, 0.25) is 0 Å². The highest BCUT2D eigenvalue weighted by Gasteiger charge is 2.10. The maximum absolute atomic E-state index is 12.0. The molecule has 0 amide bonds. The molecule has 0 saturated carbocycles. The van der Waals surface area contributed by atoms with Crippen molar-refractivity contribution in [3.8, 4) is 5.75 Å². The molecule has 0 radical (unpaired) electrons. The van der Waals surface area contributed by atoms with E-state index in [2.05, 4.69) is 10.2 Å². The Balaban J connectivity index is 2.36. The number of nitrogens with zero attached hydrogens (tertiary/aromatic N) is 1. The normalized spacial score (nSPS) is 10.7. The van der Waals surface area contributed by atoms with Crippen LogP contribution < -0.4 is 10.1 Å². The van der Waals surface area contributed by atoms with Gasteiger partial charge in [0.05, 0.1) is 19.2 Å². The lowest BCUT2D eigenvalue weighted by molar-refractivity contribution is 0.0988. The van der Waals surface area contributed by atoms with E-state index in [0.29, 0.717) is 17.9 Å². The summed E-state index contributed by atoms with van der Waals surface area (Å²) in [6.07, 6.45) is 1.03.